The van der Waals surface area contributed by atoms with Crippen molar-refractivity contribution in [2.45, 2.75) is 39.7 Å². The fraction of sp³-hybridized carbons (Fsp3) is 0.412. The molecule has 1 aromatic carbocycles. The molecule has 0 fully saturated rings. The Bertz CT molecular complexity index is 680. The summed E-state index contributed by atoms with van der Waals surface area (Å²) in [6.45, 7) is 8.37. The SMILES string of the molecule is Cc1ccc(-c2nc3c(c(C(C)C)n2)CNCC3)c(Br)c1. The maximum Gasteiger partial charge on any atom is 0.160 e. The molecule has 0 saturated heterocycles. The smallest absolute Gasteiger partial charge is 0.160 e. The van der Waals surface area contributed by atoms with Crippen LogP contribution in [0.2, 0.25) is 0 Å². The monoisotopic (exact) mass is 345 g/mol. The zero-order valence-electron chi connectivity index (χ0n) is 12.7. The van der Waals surface area contributed by atoms with E-state index < -0.39 is 0 Å². The third-order valence-electron chi connectivity index (χ3n) is 3.88. The highest BCUT2D eigenvalue weighted by Gasteiger charge is 2.20. The van der Waals surface area contributed by atoms with Gasteiger partial charge in [0.1, 0.15) is 0 Å². The van der Waals surface area contributed by atoms with Crippen molar-refractivity contribution in [1.82, 2.24) is 15.3 Å². The average molecular weight is 346 g/mol. The lowest BCUT2D eigenvalue weighted by Gasteiger charge is -2.22. The number of benzene rings is 1. The first kappa shape index (κ1) is 14.7. The summed E-state index contributed by atoms with van der Waals surface area (Å²) in [6, 6.07) is 6.33. The van der Waals surface area contributed by atoms with Crippen LogP contribution in [-0.4, -0.2) is 16.5 Å². The van der Waals surface area contributed by atoms with Crippen molar-refractivity contribution in [2.24, 2.45) is 0 Å². The van der Waals surface area contributed by atoms with Crippen molar-refractivity contribution in [3.8, 4) is 11.4 Å². The second-order valence-electron chi connectivity index (χ2n) is 5.92. The molecule has 2 aromatic rings. The molecular formula is C17H20BrN3. The lowest BCUT2D eigenvalue weighted by atomic mass is 9.98. The van der Waals surface area contributed by atoms with Gasteiger partial charge in [0.05, 0.1) is 11.4 Å². The fourth-order valence-corrected chi connectivity index (χ4v) is 3.44. The van der Waals surface area contributed by atoms with Gasteiger partial charge >= 0.3 is 0 Å². The van der Waals surface area contributed by atoms with E-state index in [0.29, 0.717) is 5.92 Å². The summed E-state index contributed by atoms with van der Waals surface area (Å²) in [5.41, 5.74) is 5.98. The molecule has 0 atom stereocenters. The molecule has 0 spiro atoms. The van der Waals surface area contributed by atoms with Crippen molar-refractivity contribution < 1.29 is 0 Å². The van der Waals surface area contributed by atoms with Crippen LogP contribution in [-0.2, 0) is 13.0 Å². The van der Waals surface area contributed by atoms with Crippen LogP contribution in [0.25, 0.3) is 11.4 Å². The van der Waals surface area contributed by atoms with Crippen LogP contribution in [0.15, 0.2) is 22.7 Å². The number of aryl methyl sites for hydroxylation is 1. The molecule has 1 aliphatic heterocycles. The Balaban J connectivity index is 2.17. The number of rotatable bonds is 2. The topological polar surface area (TPSA) is 37.8 Å². The Morgan fingerprint density at radius 3 is 2.76 bits per heavy atom. The van der Waals surface area contributed by atoms with Gasteiger partial charge in [-0.15, -0.1) is 0 Å². The van der Waals surface area contributed by atoms with Crippen LogP contribution in [0.5, 0.6) is 0 Å². The number of hydrogen-bond donors (Lipinski definition) is 1. The van der Waals surface area contributed by atoms with Gasteiger partial charge in [-0.25, -0.2) is 9.97 Å². The Kier molecular flexibility index (Phi) is 4.09. The first-order valence-electron chi connectivity index (χ1n) is 7.43. The Morgan fingerprint density at radius 2 is 2.05 bits per heavy atom. The second-order valence-corrected chi connectivity index (χ2v) is 6.78. The lowest BCUT2D eigenvalue weighted by Crippen LogP contribution is -2.27. The number of fused-ring (bicyclic) bond motifs is 1. The van der Waals surface area contributed by atoms with Crippen molar-refractivity contribution in [2.75, 3.05) is 6.54 Å². The highest BCUT2D eigenvalue weighted by Crippen LogP contribution is 2.30. The highest BCUT2D eigenvalue weighted by atomic mass is 79.9. The third-order valence-corrected chi connectivity index (χ3v) is 4.53. The molecule has 0 aliphatic carbocycles. The van der Waals surface area contributed by atoms with Crippen molar-refractivity contribution in [3.05, 3.63) is 45.2 Å². The molecule has 0 radical (unpaired) electrons. The minimum atomic E-state index is 0.407. The molecule has 0 amide bonds. The molecule has 3 rings (SSSR count). The van der Waals surface area contributed by atoms with Gasteiger partial charge in [0.25, 0.3) is 0 Å². The van der Waals surface area contributed by atoms with Gasteiger partial charge in [-0.2, -0.15) is 0 Å². The largest absolute Gasteiger partial charge is 0.312 e. The second kappa shape index (κ2) is 5.85. The van der Waals surface area contributed by atoms with Gasteiger partial charge < -0.3 is 5.32 Å². The predicted molar refractivity (Wildman–Crippen MR) is 89.4 cm³/mol. The van der Waals surface area contributed by atoms with Gasteiger partial charge in [0, 0.05) is 35.1 Å². The van der Waals surface area contributed by atoms with E-state index in [1.807, 2.05) is 0 Å². The number of nitrogens with zero attached hydrogens (tertiary/aromatic N) is 2. The van der Waals surface area contributed by atoms with Gasteiger partial charge in [-0.3, -0.25) is 0 Å². The molecule has 0 unspecified atom stereocenters. The van der Waals surface area contributed by atoms with Gasteiger partial charge in [-0.05, 0) is 30.5 Å². The summed E-state index contributed by atoms with van der Waals surface area (Å²) in [5.74, 6) is 1.25. The fourth-order valence-electron chi connectivity index (χ4n) is 2.77. The quantitative estimate of drug-likeness (QED) is 0.894. The van der Waals surface area contributed by atoms with Crippen LogP contribution in [0.3, 0.4) is 0 Å². The molecule has 0 bridgehead atoms. The van der Waals surface area contributed by atoms with E-state index in [9.17, 15) is 0 Å². The van der Waals surface area contributed by atoms with E-state index >= 15 is 0 Å². The summed E-state index contributed by atoms with van der Waals surface area (Å²) in [4.78, 5) is 9.70. The Morgan fingerprint density at radius 1 is 1.24 bits per heavy atom. The van der Waals surface area contributed by atoms with E-state index in [4.69, 9.17) is 9.97 Å². The summed E-state index contributed by atoms with van der Waals surface area (Å²) in [6.07, 6.45) is 0.980. The van der Waals surface area contributed by atoms with Gasteiger partial charge in [0.2, 0.25) is 0 Å². The van der Waals surface area contributed by atoms with Crippen molar-refractivity contribution >= 4 is 15.9 Å². The predicted octanol–water partition coefficient (Wildman–Crippen LogP) is 3.98. The lowest BCUT2D eigenvalue weighted by molar-refractivity contribution is 0.609. The van der Waals surface area contributed by atoms with Gasteiger partial charge in [-0.1, -0.05) is 35.8 Å². The zero-order chi connectivity index (χ0) is 15.0. The Hall–Kier alpha value is -1.26. The van der Waals surface area contributed by atoms with E-state index in [0.717, 1.165) is 35.4 Å². The number of aromatic nitrogens is 2. The normalized spacial score (nSPS) is 14.3. The van der Waals surface area contributed by atoms with Crippen molar-refractivity contribution in [1.29, 1.82) is 0 Å². The molecule has 21 heavy (non-hydrogen) atoms. The Labute approximate surface area is 134 Å². The first-order chi connectivity index (χ1) is 10.1. The van der Waals surface area contributed by atoms with Crippen LogP contribution in [0.4, 0.5) is 0 Å². The summed E-state index contributed by atoms with van der Waals surface area (Å²) in [7, 11) is 0. The number of nitrogens with one attached hydrogen (secondary N) is 1. The standard InChI is InChI=1S/C17H20BrN3/c1-10(2)16-13-9-19-7-6-15(13)20-17(21-16)12-5-4-11(3)8-14(12)18/h4-5,8,10,19H,6-7,9H2,1-3H3. The van der Waals surface area contributed by atoms with Crippen LogP contribution in [0.1, 0.15) is 42.3 Å². The minimum absolute atomic E-state index is 0.407. The maximum atomic E-state index is 4.87. The van der Waals surface area contributed by atoms with Crippen LogP contribution < -0.4 is 5.32 Å². The zero-order valence-corrected chi connectivity index (χ0v) is 14.3. The number of halogens is 1. The maximum absolute atomic E-state index is 4.87. The van der Waals surface area contributed by atoms with E-state index in [1.165, 1.54) is 22.5 Å². The molecule has 3 nitrogen and oxygen atoms in total. The number of hydrogen-bond acceptors (Lipinski definition) is 3. The minimum Gasteiger partial charge on any atom is -0.312 e. The molecule has 110 valence electrons. The highest BCUT2D eigenvalue weighted by molar-refractivity contribution is 9.10. The molecule has 1 aliphatic rings. The molecule has 1 N–H and O–H groups in total. The molecule has 4 heteroatoms. The third kappa shape index (κ3) is 2.87. The molecule has 0 saturated carbocycles. The van der Waals surface area contributed by atoms with Gasteiger partial charge in [0.15, 0.2) is 5.82 Å². The molecular weight excluding hydrogens is 326 g/mol. The molecule has 1 aromatic heterocycles. The average Bonchev–Trinajstić information content (AvgIpc) is 2.46. The summed E-state index contributed by atoms with van der Waals surface area (Å²) >= 11 is 3.65. The molecule has 2 heterocycles. The van der Waals surface area contributed by atoms with Crippen LogP contribution >= 0.6 is 15.9 Å². The van der Waals surface area contributed by atoms with E-state index in [-0.39, 0.29) is 0 Å². The van der Waals surface area contributed by atoms with Crippen LogP contribution in [0, 0.1) is 6.92 Å². The van der Waals surface area contributed by atoms with E-state index in [2.05, 4.69) is 60.2 Å². The van der Waals surface area contributed by atoms with E-state index in [1.54, 1.807) is 0 Å². The van der Waals surface area contributed by atoms with Crippen molar-refractivity contribution in [3.63, 3.8) is 0 Å². The first-order valence-corrected chi connectivity index (χ1v) is 8.22. The summed E-state index contributed by atoms with van der Waals surface area (Å²) in [5, 5.41) is 3.43. The summed E-state index contributed by atoms with van der Waals surface area (Å²) < 4.78 is 1.06.